The Hall–Kier alpha value is -0.120. The van der Waals surface area contributed by atoms with Crippen LogP contribution in [0.5, 0.6) is 0 Å². The molecule has 3 nitrogen and oxygen atoms in total. The van der Waals surface area contributed by atoms with Gasteiger partial charge in [0.05, 0.1) is 6.10 Å². The molecule has 11 heavy (non-hydrogen) atoms. The highest BCUT2D eigenvalue weighted by Gasteiger charge is 2.15. The number of nitrogens with one attached hydrogen (secondary N) is 1. The van der Waals surface area contributed by atoms with Crippen molar-refractivity contribution in [3.05, 3.63) is 0 Å². The number of rotatable bonds is 5. The third-order valence-corrected chi connectivity index (χ3v) is 1.85. The van der Waals surface area contributed by atoms with Gasteiger partial charge in [0.15, 0.2) is 0 Å². The molecule has 1 aliphatic rings. The summed E-state index contributed by atoms with van der Waals surface area (Å²) in [5, 5.41) is 3.18. The zero-order valence-corrected chi connectivity index (χ0v) is 7.47. The average molecular weight is 158 g/mol. The van der Waals surface area contributed by atoms with Crippen LogP contribution in [-0.2, 0) is 4.74 Å². The van der Waals surface area contributed by atoms with Gasteiger partial charge in [0.1, 0.15) is 0 Å². The van der Waals surface area contributed by atoms with Crippen LogP contribution >= 0.6 is 0 Å². The summed E-state index contributed by atoms with van der Waals surface area (Å²) in [6.45, 7) is 4.12. The van der Waals surface area contributed by atoms with Crippen molar-refractivity contribution in [3.63, 3.8) is 0 Å². The highest BCUT2D eigenvalue weighted by molar-refractivity contribution is 4.74. The van der Waals surface area contributed by atoms with E-state index in [1.807, 2.05) is 0 Å². The van der Waals surface area contributed by atoms with E-state index in [2.05, 4.69) is 24.3 Å². The van der Waals surface area contributed by atoms with Crippen molar-refractivity contribution < 1.29 is 4.74 Å². The van der Waals surface area contributed by atoms with Crippen LogP contribution in [-0.4, -0.2) is 51.3 Å². The van der Waals surface area contributed by atoms with Gasteiger partial charge >= 0.3 is 0 Å². The van der Waals surface area contributed by atoms with Crippen LogP contribution in [0.25, 0.3) is 0 Å². The lowest BCUT2D eigenvalue weighted by atomic mass is 10.2. The van der Waals surface area contributed by atoms with Crippen LogP contribution in [0.1, 0.15) is 6.42 Å². The predicted octanol–water partition coefficient (Wildman–Crippen LogP) is -0.0735. The highest BCUT2D eigenvalue weighted by Crippen LogP contribution is 1.98. The molecule has 0 atom stereocenters. The Kier molecular flexibility index (Phi) is 3.83. The largest absolute Gasteiger partial charge is 0.376 e. The molecular weight excluding hydrogens is 140 g/mol. The lowest BCUT2D eigenvalue weighted by Crippen LogP contribution is -2.48. The van der Waals surface area contributed by atoms with Crippen LogP contribution in [0.2, 0.25) is 0 Å². The van der Waals surface area contributed by atoms with Gasteiger partial charge in [-0.25, -0.2) is 0 Å². The summed E-state index contributed by atoms with van der Waals surface area (Å²) in [7, 11) is 4.18. The molecule has 1 N–H and O–H groups in total. The minimum atomic E-state index is 0.497. The Morgan fingerprint density at radius 2 is 2.18 bits per heavy atom. The standard InChI is InChI=1S/C8H18N2O/c1-10(2)4-3-5-11-8-6-9-7-8/h8-9H,3-7H2,1-2H3. The van der Waals surface area contributed by atoms with Gasteiger partial charge in [-0.15, -0.1) is 0 Å². The van der Waals surface area contributed by atoms with Crippen LogP contribution in [0, 0.1) is 0 Å². The van der Waals surface area contributed by atoms with E-state index in [4.69, 9.17) is 4.74 Å². The second kappa shape index (κ2) is 4.70. The molecule has 0 aromatic carbocycles. The molecule has 1 aliphatic heterocycles. The summed E-state index contributed by atoms with van der Waals surface area (Å²) >= 11 is 0. The van der Waals surface area contributed by atoms with E-state index in [0.717, 1.165) is 32.7 Å². The first kappa shape index (κ1) is 8.97. The topological polar surface area (TPSA) is 24.5 Å². The second-order valence-electron chi connectivity index (χ2n) is 3.31. The van der Waals surface area contributed by atoms with Crippen LogP contribution in [0.4, 0.5) is 0 Å². The molecule has 0 unspecified atom stereocenters. The third-order valence-electron chi connectivity index (χ3n) is 1.85. The van der Waals surface area contributed by atoms with Gasteiger partial charge in [-0.1, -0.05) is 0 Å². The third kappa shape index (κ3) is 3.70. The van der Waals surface area contributed by atoms with E-state index in [9.17, 15) is 0 Å². The van der Waals surface area contributed by atoms with E-state index in [-0.39, 0.29) is 0 Å². The van der Waals surface area contributed by atoms with Crippen LogP contribution in [0.3, 0.4) is 0 Å². The van der Waals surface area contributed by atoms with Gasteiger partial charge in [-0.2, -0.15) is 0 Å². The van der Waals surface area contributed by atoms with Crippen molar-refractivity contribution in [2.24, 2.45) is 0 Å². The quantitative estimate of drug-likeness (QED) is 0.567. The fourth-order valence-corrected chi connectivity index (χ4v) is 1.01. The summed E-state index contributed by atoms with van der Waals surface area (Å²) in [5.41, 5.74) is 0. The lowest BCUT2D eigenvalue weighted by molar-refractivity contribution is 0.0158. The molecule has 0 aromatic rings. The molecule has 0 bridgehead atoms. The molecule has 66 valence electrons. The van der Waals surface area contributed by atoms with E-state index >= 15 is 0 Å². The number of hydrogen-bond donors (Lipinski definition) is 1. The monoisotopic (exact) mass is 158 g/mol. The summed E-state index contributed by atoms with van der Waals surface area (Å²) < 4.78 is 5.54. The molecule has 1 fully saturated rings. The van der Waals surface area contributed by atoms with Crippen molar-refractivity contribution in [1.29, 1.82) is 0 Å². The summed E-state index contributed by atoms with van der Waals surface area (Å²) in [6.07, 6.45) is 1.64. The Bertz CT molecular complexity index is 102. The molecule has 1 saturated heterocycles. The maximum absolute atomic E-state index is 5.54. The van der Waals surface area contributed by atoms with Gasteiger partial charge < -0.3 is 15.0 Å². The smallest absolute Gasteiger partial charge is 0.0823 e. The average Bonchev–Trinajstić information content (AvgIpc) is 1.82. The maximum Gasteiger partial charge on any atom is 0.0823 e. The molecule has 1 heterocycles. The normalized spacial score (nSPS) is 18.8. The minimum absolute atomic E-state index is 0.497. The zero-order chi connectivity index (χ0) is 8.10. The van der Waals surface area contributed by atoms with Crippen molar-refractivity contribution in [2.45, 2.75) is 12.5 Å². The minimum Gasteiger partial charge on any atom is -0.376 e. The number of hydrogen-bond acceptors (Lipinski definition) is 3. The molecular formula is C8H18N2O. The summed E-state index contributed by atoms with van der Waals surface area (Å²) in [5.74, 6) is 0. The molecule has 0 saturated carbocycles. The van der Waals surface area contributed by atoms with Crippen molar-refractivity contribution >= 4 is 0 Å². The van der Waals surface area contributed by atoms with Gasteiger partial charge in [0.2, 0.25) is 0 Å². The van der Waals surface area contributed by atoms with Gasteiger partial charge in [0, 0.05) is 19.7 Å². The number of ether oxygens (including phenoxy) is 1. The molecule has 0 amide bonds. The fourth-order valence-electron chi connectivity index (χ4n) is 1.01. The van der Waals surface area contributed by atoms with E-state index in [0.29, 0.717) is 6.10 Å². The predicted molar refractivity (Wildman–Crippen MR) is 45.8 cm³/mol. The Morgan fingerprint density at radius 1 is 1.45 bits per heavy atom. The molecule has 3 heteroatoms. The van der Waals surface area contributed by atoms with Crippen molar-refractivity contribution in [1.82, 2.24) is 10.2 Å². The van der Waals surface area contributed by atoms with E-state index in [1.165, 1.54) is 0 Å². The van der Waals surface area contributed by atoms with Gasteiger partial charge in [-0.05, 0) is 27.1 Å². The lowest BCUT2D eigenvalue weighted by Gasteiger charge is -2.27. The summed E-state index contributed by atoms with van der Waals surface area (Å²) in [6, 6.07) is 0. The van der Waals surface area contributed by atoms with E-state index in [1.54, 1.807) is 0 Å². The van der Waals surface area contributed by atoms with E-state index < -0.39 is 0 Å². The zero-order valence-electron chi connectivity index (χ0n) is 7.47. The first-order valence-corrected chi connectivity index (χ1v) is 4.26. The molecule has 1 rings (SSSR count). The Morgan fingerprint density at radius 3 is 2.64 bits per heavy atom. The van der Waals surface area contributed by atoms with Crippen molar-refractivity contribution in [3.8, 4) is 0 Å². The van der Waals surface area contributed by atoms with Crippen LogP contribution < -0.4 is 5.32 Å². The van der Waals surface area contributed by atoms with Crippen molar-refractivity contribution in [2.75, 3.05) is 40.3 Å². The maximum atomic E-state index is 5.54. The molecule has 0 spiro atoms. The highest BCUT2D eigenvalue weighted by atomic mass is 16.5. The first-order chi connectivity index (χ1) is 5.29. The van der Waals surface area contributed by atoms with Gasteiger partial charge in [-0.3, -0.25) is 0 Å². The SMILES string of the molecule is CN(C)CCCOC1CNC1. The Labute approximate surface area is 68.7 Å². The number of nitrogens with zero attached hydrogens (tertiary/aromatic N) is 1. The molecule has 0 aromatic heterocycles. The first-order valence-electron chi connectivity index (χ1n) is 4.26. The molecule has 0 aliphatic carbocycles. The fraction of sp³-hybridized carbons (Fsp3) is 1.00. The van der Waals surface area contributed by atoms with Gasteiger partial charge in [0.25, 0.3) is 0 Å². The molecule has 0 radical (unpaired) electrons. The summed E-state index contributed by atoms with van der Waals surface area (Å²) in [4.78, 5) is 2.18. The Balaban J connectivity index is 1.80. The second-order valence-corrected chi connectivity index (χ2v) is 3.31. The van der Waals surface area contributed by atoms with Crippen LogP contribution in [0.15, 0.2) is 0 Å².